The quantitative estimate of drug-likeness (QED) is 0.457. The molecule has 0 aliphatic rings. The molecule has 1 aromatic heterocycles. The molecule has 1 rings (SSSR count). The van der Waals surface area contributed by atoms with E-state index in [-0.39, 0.29) is 5.91 Å². The summed E-state index contributed by atoms with van der Waals surface area (Å²) in [5, 5.41) is 2.72. The molecular formula is C15H20N2O3. The van der Waals surface area contributed by atoms with Gasteiger partial charge in [-0.2, -0.15) is 0 Å². The van der Waals surface area contributed by atoms with E-state index in [2.05, 4.69) is 16.2 Å². The van der Waals surface area contributed by atoms with Crippen LogP contribution in [0.4, 0.5) is 5.69 Å². The summed E-state index contributed by atoms with van der Waals surface area (Å²) in [6.45, 7) is 3.79. The predicted octanol–water partition coefficient (Wildman–Crippen LogP) is 2.63. The second-order valence-corrected chi connectivity index (χ2v) is 4.38. The molecule has 0 unspecified atom stereocenters. The van der Waals surface area contributed by atoms with Crippen molar-refractivity contribution in [3.8, 4) is 12.3 Å². The van der Waals surface area contributed by atoms with Gasteiger partial charge in [0.05, 0.1) is 12.3 Å². The predicted molar refractivity (Wildman–Crippen MR) is 77.4 cm³/mol. The number of unbranched alkanes of at least 4 members (excludes halogenated alkanes) is 2. The third-order valence-corrected chi connectivity index (χ3v) is 2.81. The molecule has 1 amide bonds. The molecule has 0 saturated heterocycles. The summed E-state index contributed by atoms with van der Waals surface area (Å²) in [4.78, 5) is 26.5. The SMILES string of the molecule is C#CCCCCC(=O)Nc1c[nH]c(C)c1C(=O)OCC. The van der Waals surface area contributed by atoms with Crippen LogP contribution in [0, 0.1) is 19.3 Å². The molecule has 0 atom stereocenters. The molecule has 0 fully saturated rings. The highest BCUT2D eigenvalue weighted by Crippen LogP contribution is 2.20. The Morgan fingerprint density at radius 1 is 1.45 bits per heavy atom. The van der Waals surface area contributed by atoms with Gasteiger partial charge in [0, 0.05) is 24.7 Å². The van der Waals surface area contributed by atoms with Crippen LogP contribution in [0.5, 0.6) is 0 Å². The maximum absolute atomic E-state index is 11.8. The zero-order chi connectivity index (χ0) is 15.0. The molecule has 0 aliphatic heterocycles. The van der Waals surface area contributed by atoms with E-state index in [9.17, 15) is 9.59 Å². The van der Waals surface area contributed by atoms with Gasteiger partial charge in [-0.05, 0) is 26.7 Å². The Morgan fingerprint density at radius 2 is 2.20 bits per heavy atom. The summed E-state index contributed by atoms with van der Waals surface area (Å²) in [6, 6.07) is 0. The van der Waals surface area contributed by atoms with Crippen molar-refractivity contribution >= 4 is 17.6 Å². The molecule has 2 N–H and O–H groups in total. The number of aromatic amines is 1. The molecule has 0 aliphatic carbocycles. The van der Waals surface area contributed by atoms with Gasteiger partial charge in [-0.3, -0.25) is 4.79 Å². The van der Waals surface area contributed by atoms with Crippen LogP contribution >= 0.6 is 0 Å². The van der Waals surface area contributed by atoms with Crippen molar-refractivity contribution in [2.24, 2.45) is 0 Å². The normalized spacial score (nSPS) is 9.85. The largest absolute Gasteiger partial charge is 0.462 e. The lowest BCUT2D eigenvalue weighted by atomic mass is 10.2. The van der Waals surface area contributed by atoms with Crippen molar-refractivity contribution in [3.63, 3.8) is 0 Å². The van der Waals surface area contributed by atoms with Gasteiger partial charge in [-0.1, -0.05) is 0 Å². The van der Waals surface area contributed by atoms with E-state index in [0.29, 0.717) is 36.4 Å². The first-order valence-corrected chi connectivity index (χ1v) is 6.68. The molecule has 20 heavy (non-hydrogen) atoms. The second kappa shape index (κ2) is 8.05. The Kier molecular flexibility index (Phi) is 6.38. The molecule has 108 valence electrons. The van der Waals surface area contributed by atoms with Gasteiger partial charge in [0.25, 0.3) is 0 Å². The number of hydrogen-bond donors (Lipinski definition) is 2. The number of carbonyl (C=O) groups is 2. The number of ether oxygens (including phenoxy) is 1. The van der Waals surface area contributed by atoms with Crippen molar-refractivity contribution in [1.82, 2.24) is 4.98 Å². The molecule has 5 heteroatoms. The summed E-state index contributed by atoms with van der Waals surface area (Å²) in [5.41, 5.74) is 1.51. The van der Waals surface area contributed by atoms with E-state index in [1.165, 1.54) is 0 Å². The number of amides is 1. The summed E-state index contributed by atoms with van der Waals surface area (Å²) >= 11 is 0. The summed E-state index contributed by atoms with van der Waals surface area (Å²) in [6.07, 6.45) is 9.35. The summed E-state index contributed by atoms with van der Waals surface area (Å²) in [5.74, 6) is 1.97. The minimum Gasteiger partial charge on any atom is -0.462 e. The highest BCUT2D eigenvalue weighted by atomic mass is 16.5. The average Bonchev–Trinajstić information content (AvgIpc) is 2.76. The van der Waals surface area contributed by atoms with Crippen LogP contribution in [0.1, 0.15) is 48.7 Å². The highest BCUT2D eigenvalue weighted by molar-refractivity contribution is 6.02. The first kappa shape index (κ1) is 15.8. The Morgan fingerprint density at radius 3 is 2.85 bits per heavy atom. The van der Waals surface area contributed by atoms with Crippen molar-refractivity contribution in [2.75, 3.05) is 11.9 Å². The zero-order valence-electron chi connectivity index (χ0n) is 11.9. The van der Waals surface area contributed by atoms with Gasteiger partial charge < -0.3 is 15.0 Å². The number of aryl methyl sites for hydroxylation is 1. The van der Waals surface area contributed by atoms with Crippen molar-refractivity contribution < 1.29 is 14.3 Å². The number of anilines is 1. The molecule has 1 aromatic rings. The van der Waals surface area contributed by atoms with Gasteiger partial charge in [0.1, 0.15) is 5.56 Å². The third-order valence-electron chi connectivity index (χ3n) is 2.81. The van der Waals surface area contributed by atoms with Crippen LogP contribution in [0.15, 0.2) is 6.20 Å². The number of nitrogens with one attached hydrogen (secondary N) is 2. The van der Waals surface area contributed by atoms with Crippen LogP contribution < -0.4 is 5.32 Å². The maximum Gasteiger partial charge on any atom is 0.342 e. The van der Waals surface area contributed by atoms with E-state index < -0.39 is 5.97 Å². The number of terminal acetylenes is 1. The first-order chi connectivity index (χ1) is 9.60. The number of carbonyl (C=O) groups excluding carboxylic acids is 2. The lowest BCUT2D eigenvalue weighted by Crippen LogP contribution is -2.14. The fraction of sp³-hybridized carbons (Fsp3) is 0.467. The minimum atomic E-state index is -0.436. The van der Waals surface area contributed by atoms with Gasteiger partial charge in [-0.15, -0.1) is 12.3 Å². The topological polar surface area (TPSA) is 71.2 Å². The number of hydrogen-bond acceptors (Lipinski definition) is 3. The summed E-state index contributed by atoms with van der Waals surface area (Å²) in [7, 11) is 0. The molecule has 5 nitrogen and oxygen atoms in total. The zero-order valence-corrected chi connectivity index (χ0v) is 11.9. The highest BCUT2D eigenvalue weighted by Gasteiger charge is 2.18. The fourth-order valence-corrected chi connectivity index (χ4v) is 1.82. The molecule has 0 spiro atoms. The maximum atomic E-state index is 11.8. The number of rotatable bonds is 7. The van der Waals surface area contributed by atoms with Crippen LogP contribution in [-0.4, -0.2) is 23.5 Å². The van der Waals surface area contributed by atoms with Crippen LogP contribution in [0.3, 0.4) is 0 Å². The number of H-pyrrole nitrogens is 1. The standard InChI is InChI=1S/C15H20N2O3/c1-4-6-7-8-9-13(18)17-12-10-16-11(3)14(12)15(19)20-5-2/h1,10,16H,5-9H2,2-3H3,(H,17,18). The monoisotopic (exact) mass is 276 g/mol. The van der Waals surface area contributed by atoms with Crippen LogP contribution in [-0.2, 0) is 9.53 Å². The Hall–Kier alpha value is -2.22. The first-order valence-electron chi connectivity index (χ1n) is 6.68. The van der Waals surface area contributed by atoms with E-state index >= 15 is 0 Å². The van der Waals surface area contributed by atoms with Crippen molar-refractivity contribution in [3.05, 3.63) is 17.5 Å². The average molecular weight is 276 g/mol. The number of aromatic nitrogens is 1. The molecule has 0 radical (unpaired) electrons. The van der Waals surface area contributed by atoms with Gasteiger partial charge in [0.15, 0.2) is 0 Å². The van der Waals surface area contributed by atoms with E-state index in [1.807, 2.05) is 0 Å². The Bertz CT molecular complexity index is 512. The van der Waals surface area contributed by atoms with Crippen molar-refractivity contribution in [2.45, 2.75) is 39.5 Å². The molecule has 0 saturated carbocycles. The number of esters is 1. The Labute approximate surface area is 119 Å². The van der Waals surface area contributed by atoms with Gasteiger partial charge >= 0.3 is 5.97 Å². The van der Waals surface area contributed by atoms with E-state index in [0.717, 1.165) is 12.8 Å². The Balaban J connectivity index is 2.62. The van der Waals surface area contributed by atoms with E-state index in [4.69, 9.17) is 11.2 Å². The molecule has 0 bridgehead atoms. The second-order valence-electron chi connectivity index (χ2n) is 4.38. The smallest absolute Gasteiger partial charge is 0.342 e. The van der Waals surface area contributed by atoms with Crippen molar-refractivity contribution in [1.29, 1.82) is 0 Å². The lowest BCUT2D eigenvalue weighted by molar-refractivity contribution is -0.116. The molecule has 1 heterocycles. The summed E-state index contributed by atoms with van der Waals surface area (Å²) < 4.78 is 4.97. The van der Waals surface area contributed by atoms with Gasteiger partial charge in [0.2, 0.25) is 5.91 Å². The fourth-order valence-electron chi connectivity index (χ4n) is 1.82. The minimum absolute atomic E-state index is 0.133. The molecule has 0 aromatic carbocycles. The third kappa shape index (κ3) is 4.47. The van der Waals surface area contributed by atoms with Gasteiger partial charge in [-0.25, -0.2) is 4.79 Å². The molecular weight excluding hydrogens is 256 g/mol. The van der Waals surface area contributed by atoms with Crippen LogP contribution in [0.2, 0.25) is 0 Å². The van der Waals surface area contributed by atoms with E-state index in [1.54, 1.807) is 20.0 Å². The van der Waals surface area contributed by atoms with Crippen LogP contribution in [0.25, 0.3) is 0 Å². The lowest BCUT2D eigenvalue weighted by Gasteiger charge is -2.07.